The third-order valence-corrected chi connectivity index (χ3v) is 3.50. The predicted molar refractivity (Wildman–Crippen MR) is 64.6 cm³/mol. The van der Waals surface area contributed by atoms with E-state index in [0.717, 1.165) is 31.2 Å². The Hall–Kier alpha value is -1.35. The van der Waals surface area contributed by atoms with Crippen LogP contribution in [-0.2, 0) is 14.9 Å². The fourth-order valence-electron chi connectivity index (χ4n) is 2.62. The molecule has 0 saturated heterocycles. The summed E-state index contributed by atoms with van der Waals surface area (Å²) in [6.07, 6.45) is 3.81. The minimum absolute atomic E-state index is 0.0907. The van der Waals surface area contributed by atoms with Crippen LogP contribution >= 0.6 is 0 Å². The van der Waals surface area contributed by atoms with Gasteiger partial charge in [0.2, 0.25) is 0 Å². The lowest BCUT2D eigenvalue weighted by Gasteiger charge is -2.27. The number of benzene rings is 1. The molecule has 1 aromatic carbocycles. The fourth-order valence-corrected chi connectivity index (χ4v) is 2.62. The number of ether oxygens (including phenoxy) is 1. The van der Waals surface area contributed by atoms with Gasteiger partial charge >= 0.3 is 5.97 Å². The summed E-state index contributed by atoms with van der Waals surface area (Å²) >= 11 is 0. The molecule has 1 saturated carbocycles. The fraction of sp³-hybridized carbons (Fsp3) is 0.500. The molecule has 1 aromatic rings. The average Bonchev–Trinajstić information content (AvgIpc) is 2.87. The summed E-state index contributed by atoms with van der Waals surface area (Å²) in [5.74, 6) is -0.185. The number of aliphatic hydroxyl groups excluding tert-OH is 1. The van der Waals surface area contributed by atoms with Gasteiger partial charge in [-0.25, -0.2) is 0 Å². The lowest BCUT2D eigenvalue weighted by Crippen LogP contribution is -2.35. The summed E-state index contributed by atoms with van der Waals surface area (Å²) < 4.78 is 5.14. The smallest absolute Gasteiger partial charge is 0.316 e. The van der Waals surface area contributed by atoms with E-state index < -0.39 is 5.41 Å². The van der Waals surface area contributed by atoms with Crippen molar-refractivity contribution in [2.45, 2.75) is 31.1 Å². The maximum absolute atomic E-state index is 12.2. The van der Waals surface area contributed by atoms with Gasteiger partial charge in [0.15, 0.2) is 0 Å². The number of aliphatic hydroxyl groups is 1. The molecule has 0 radical (unpaired) electrons. The van der Waals surface area contributed by atoms with Gasteiger partial charge in [0.1, 0.15) is 6.61 Å². The van der Waals surface area contributed by atoms with Crippen molar-refractivity contribution < 1.29 is 14.6 Å². The first-order valence-corrected chi connectivity index (χ1v) is 6.13. The average molecular weight is 234 g/mol. The highest BCUT2D eigenvalue weighted by Crippen LogP contribution is 2.42. The van der Waals surface area contributed by atoms with Crippen LogP contribution in [-0.4, -0.2) is 24.3 Å². The van der Waals surface area contributed by atoms with Crippen LogP contribution in [0.3, 0.4) is 0 Å². The first-order valence-electron chi connectivity index (χ1n) is 6.13. The zero-order valence-corrected chi connectivity index (χ0v) is 9.89. The zero-order chi connectivity index (χ0) is 12.1. The highest BCUT2D eigenvalue weighted by atomic mass is 16.5. The topological polar surface area (TPSA) is 46.5 Å². The van der Waals surface area contributed by atoms with E-state index in [4.69, 9.17) is 9.84 Å². The number of rotatable bonds is 4. The summed E-state index contributed by atoms with van der Waals surface area (Å²) in [7, 11) is 0. The second-order valence-electron chi connectivity index (χ2n) is 4.51. The largest absolute Gasteiger partial charge is 0.463 e. The molecule has 1 N–H and O–H groups in total. The molecular weight excluding hydrogens is 216 g/mol. The van der Waals surface area contributed by atoms with Crippen molar-refractivity contribution >= 4 is 5.97 Å². The molecule has 3 nitrogen and oxygen atoms in total. The van der Waals surface area contributed by atoms with Crippen molar-refractivity contribution in [1.29, 1.82) is 0 Å². The Labute approximate surface area is 101 Å². The van der Waals surface area contributed by atoms with Gasteiger partial charge in [0.05, 0.1) is 12.0 Å². The molecule has 1 aliphatic rings. The first-order chi connectivity index (χ1) is 8.29. The van der Waals surface area contributed by atoms with E-state index >= 15 is 0 Å². The van der Waals surface area contributed by atoms with Crippen LogP contribution < -0.4 is 0 Å². The summed E-state index contributed by atoms with van der Waals surface area (Å²) in [6.45, 7) is -0.0238. The second-order valence-corrected chi connectivity index (χ2v) is 4.51. The van der Waals surface area contributed by atoms with Gasteiger partial charge in [0.25, 0.3) is 0 Å². The van der Waals surface area contributed by atoms with E-state index in [2.05, 4.69) is 0 Å². The molecule has 0 bridgehead atoms. The van der Waals surface area contributed by atoms with Crippen molar-refractivity contribution in [3.8, 4) is 0 Å². The minimum atomic E-state index is -0.476. The van der Waals surface area contributed by atoms with Crippen LogP contribution in [0.4, 0.5) is 0 Å². The van der Waals surface area contributed by atoms with Crippen molar-refractivity contribution in [2.24, 2.45) is 0 Å². The summed E-state index contributed by atoms with van der Waals surface area (Å²) in [5, 5.41) is 8.74. The molecule has 1 fully saturated rings. The molecule has 0 heterocycles. The zero-order valence-electron chi connectivity index (χ0n) is 9.89. The van der Waals surface area contributed by atoms with E-state index in [9.17, 15) is 4.79 Å². The van der Waals surface area contributed by atoms with Crippen LogP contribution in [0.1, 0.15) is 31.2 Å². The first kappa shape index (κ1) is 12.1. The molecule has 0 unspecified atom stereocenters. The highest BCUT2D eigenvalue weighted by Gasteiger charge is 2.43. The second kappa shape index (κ2) is 5.32. The Morgan fingerprint density at radius 2 is 1.88 bits per heavy atom. The molecule has 0 atom stereocenters. The maximum atomic E-state index is 12.2. The SMILES string of the molecule is O=C(OCCO)C1(c2ccccc2)CCCC1. The Morgan fingerprint density at radius 1 is 1.24 bits per heavy atom. The summed E-state index contributed by atoms with van der Waals surface area (Å²) in [4.78, 5) is 12.2. The number of hydrogen-bond donors (Lipinski definition) is 1. The van der Waals surface area contributed by atoms with Crippen LogP contribution in [0, 0.1) is 0 Å². The van der Waals surface area contributed by atoms with Crippen molar-refractivity contribution in [3.05, 3.63) is 35.9 Å². The quantitative estimate of drug-likeness (QED) is 0.811. The van der Waals surface area contributed by atoms with Gasteiger partial charge < -0.3 is 9.84 Å². The number of hydrogen-bond acceptors (Lipinski definition) is 3. The molecule has 2 rings (SSSR count). The van der Waals surface area contributed by atoms with Crippen molar-refractivity contribution in [3.63, 3.8) is 0 Å². The Kier molecular flexibility index (Phi) is 3.79. The highest BCUT2D eigenvalue weighted by molar-refractivity contribution is 5.83. The molecule has 0 amide bonds. The number of carbonyl (C=O) groups excluding carboxylic acids is 1. The number of esters is 1. The Morgan fingerprint density at radius 3 is 2.47 bits per heavy atom. The van der Waals surface area contributed by atoms with Gasteiger partial charge in [-0.15, -0.1) is 0 Å². The molecule has 1 aliphatic carbocycles. The third-order valence-electron chi connectivity index (χ3n) is 3.50. The molecule has 17 heavy (non-hydrogen) atoms. The summed E-state index contributed by atoms with van der Waals surface area (Å²) in [5.41, 5.74) is 0.566. The Bertz CT molecular complexity index is 366. The van der Waals surface area contributed by atoms with E-state index in [-0.39, 0.29) is 19.2 Å². The van der Waals surface area contributed by atoms with Gasteiger partial charge in [0, 0.05) is 0 Å². The molecule has 0 spiro atoms. The minimum Gasteiger partial charge on any atom is -0.463 e. The van der Waals surface area contributed by atoms with Gasteiger partial charge in [-0.2, -0.15) is 0 Å². The predicted octanol–water partition coefficient (Wildman–Crippen LogP) is 2.03. The summed E-state index contributed by atoms with van der Waals surface area (Å²) in [6, 6.07) is 9.84. The Balaban J connectivity index is 2.24. The lowest BCUT2D eigenvalue weighted by molar-refractivity contribution is -0.151. The monoisotopic (exact) mass is 234 g/mol. The van der Waals surface area contributed by atoms with E-state index in [1.165, 1.54) is 0 Å². The van der Waals surface area contributed by atoms with Crippen LogP contribution in [0.15, 0.2) is 30.3 Å². The van der Waals surface area contributed by atoms with Gasteiger partial charge in [-0.05, 0) is 18.4 Å². The third kappa shape index (κ3) is 2.34. The van der Waals surface area contributed by atoms with E-state index in [1.807, 2.05) is 30.3 Å². The molecule has 0 aromatic heterocycles. The van der Waals surface area contributed by atoms with Gasteiger partial charge in [-0.1, -0.05) is 43.2 Å². The molecule has 3 heteroatoms. The van der Waals surface area contributed by atoms with Crippen LogP contribution in [0.25, 0.3) is 0 Å². The number of carbonyl (C=O) groups is 1. The van der Waals surface area contributed by atoms with Gasteiger partial charge in [-0.3, -0.25) is 4.79 Å². The van der Waals surface area contributed by atoms with E-state index in [1.54, 1.807) is 0 Å². The van der Waals surface area contributed by atoms with Crippen molar-refractivity contribution in [2.75, 3.05) is 13.2 Å². The standard InChI is InChI=1S/C14H18O3/c15-10-11-17-13(16)14(8-4-5-9-14)12-6-2-1-3-7-12/h1-3,6-7,15H,4-5,8-11H2. The molecule has 0 aliphatic heterocycles. The maximum Gasteiger partial charge on any atom is 0.316 e. The molecule has 92 valence electrons. The van der Waals surface area contributed by atoms with Crippen molar-refractivity contribution in [1.82, 2.24) is 0 Å². The van der Waals surface area contributed by atoms with Crippen LogP contribution in [0.2, 0.25) is 0 Å². The lowest BCUT2D eigenvalue weighted by atomic mass is 9.79. The van der Waals surface area contributed by atoms with E-state index in [0.29, 0.717) is 0 Å². The van der Waals surface area contributed by atoms with Crippen LogP contribution in [0.5, 0.6) is 0 Å². The molecular formula is C14H18O3. The normalized spacial score (nSPS) is 17.9.